The van der Waals surface area contributed by atoms with E-state index in [1.807, 2.05) is 0 Å². The number of aryl methyl sites for hydroxylation is 1. The molecule has 0 aliphatic carbocycles. The van der Waals surface area contributed by atoms with Gasteiger partial charge in [0, 0.05) is 18.2 Å². The van der Waals surface area contributed by atoms with Gasteiger partial charge in [-0.1, -0.05) is 0 Å². The van der Waals surface area contributed by atoms with Crippen LogP contribution in [0.1, 0.15) is 31.6 Å². The lowest BCUT2D eigenvalue weighted by molar-refractivity contribution is -0.116. The summed E-state index contributed by atoms with van der Waals surface area (Å²) >= 11 is 0. The van der Waals surface area contributed by atoms with Gasteiger partial charge in [0.1, 0.15) is 18.0 Å². The minimum atomic E-state index is -1.32. The number of hydrogen-bond acceptors (Lipinski definition) is 6. The molecule has 4 atom stereocenters. The van der Waals surface area contributed by atoms with E-state index in [2.05, 4.69) is 24.6 Å². The zero-order valence-corrected chi connectivity index (χ0v) is 16.2. The maximum absolute atomic E-state index is 12.2. The first kappa shape index (κ1) is 20.8. The van der Waals surface area contributed by atoms with Crippen LogP contribution in [0, 0.1) is 0 Å². The van der Waals surface area contributed by atoms with Crippen LogP contribution in [0.25, 0.3) is 0 Å². The number of ketones is 1. The molecule has 1 aliphatic rings. The number of aromatic amines is 1. The van der Waals surface area contributed by atoms with E-state index in [0.717, 1.165) is 10.7 Å². The summed E-state index contributed by atoms with van der Waals surface area (Å²) in [5.74, 6) is -0.0751. The Balaban J connectivity index is 2.25. The van der Waals surface area contributed by atoms with E-state index in [9.17, 15) is 24.6 Å². The molecule has 1 aromatic heterocycles. The number of aromatic nitrogens is 2. The Labute approximate surface area is 151 Å². The van der Waals surface area contributed by atoms with Crippen molar-refractivity contribution in [1.29, 1.82) is 0 Å². The standard InChI is InChI=1S/C17H27N2O6P/c1-10(20)5-6-11-9-19(17(24)18-15(11)23)16-14(22)13(21)12(25-16)7-8-26(2,3)4/h9,12-14,16,21-22H,2,5-8H2,1,3-4H3,(H,18,23,24)/t12-,13-,14-,16-/m1/s1. The Morgan fingerprint density at radius 2 is 2.00 bits per heavy atom. The maximum Gasteiger partial charge on any atom is 0.330 e. The number of H-pyrrole nitrogens is 1. The van der Waals surface area contributed by atoms with Crippen LogP contribution >= 0.6 is 6.89 Å². The first-order chi connectivity index (χ1) is 12.0. The minimum absolute atomic E-state index is 0.0751. The van der Waals surface area contributed by atoms with Crippen LogP contribution in [-0.4, -0.2) is 69.7 Å². The predicted molar refractivity (Wildman–Crippen MR) is 102 cm³/mol. The number of carbonyl (C=O) groups excluding carboxylic acids is 1. The summed E-state index contributed by atoms with van der Waals surface area (Å²) in [6, 6.07) is 0. The lowest BCUT2D eigenvalue weighted by Crippen LogP contribution is -2.38. The van der Waals surface area contributed by atoms with Gasteiger partial charge < -0.3 is 19.7 Å². The zero-order chi connectivity index (χ0) is 19.6. The molecule has 3 N–H and O–H groups in total. The quantitative estimate of drug-likeness (QED) is 0.557. The highest BCUT2D eigenvalue weighted by molar-refractivity contribution is 7.72. The van der Waals surface area contributed by atoms with E-state index in [-0.39, 0.29) is 24.2 Å². The average molecular weight is 386 g/mol. The molecule has 2 rings (SSSR count). The van der Waals surface area contributed by atoms with E-state index in [1.165, 1.54) is 13.1 Å². The van der Waals surface area contributed by atoms with Crippen molar-refractivity contribution in [3.8, 4) is 0 Å². The molecule has 0 saturated carbocycles. The second-order valence-corrected chi connectivity index (χ2v) is 11.8. The highest BCUT2D eigenvalue weighted by Gasteiger charge is 2.43. The molecule has 0 spiro atoms. The summed E-state index contributed by atoms with van der Waals surface area (Å²) in [4.78, 5) is 37.4. The molecule has 9 heteroatoms. The number of aliphatic hydroxyl groups is 2. The van der Waals surface area contributed by atoms with Gasteiger partial charge in [-0.3, -0.25) is 14.3 Å². The number of nitrogens with one attached hydrogen (secondary N) is 1. The largest absolute Gasteiger partial charge is 0.388 e. The Morgan fingerprint density at radius 1 is 1.35 bits per heavy atom. The van der Waals surface area contributed by atoms with Crippen LogP contribution < -0.4 is 11.2 Å². The van der Waals surface area contributed by atoms with Gasteiger partial charge in [-0.2, -0.15) is 0 Å². The van der Waals surface area contributed by atoms with E-state index < -0.39 is 42.7 Å². The predicted octanol–water partition coefficient (Wildman–Crippen LogP) is -0.223. The second kappa shape index (κ2) is 8.05. The van der Waals surface area contributed by atoms with Crippen LogP contribution in [0.5, 0.6) is 0 Å². The number of nitrogens with zero attached hydrogens (tertiary/aromatic N) is 1. The third-order valence-electron chi connectivity index (χ3n) is 4.42. The highest BCUT2D eigenvalue weighted by Crippen LogP contribution is 2.39. The van der Waals surface area contributed by atoms with Gasteiger partial charge in [-0.05, 0) is 39.3 Å². The van der Waals surface area contributed by atoms with Gasteiger partial charge in [0.25, 0.3) is 5.56 Å². The van der Waals surface area contributed by atoms with Crippen molar-refractivity contribution in [2.24, 2.45) is 0 Å². The number of hydrogen-bond donors (Lipinski definition) is 3. The first-order valence-corrected chi connectivity index (χ1v) is 11.6. The molecule has 1 aromatic rings. The van der Waals surface area contributed by atoms with E-state index in [4.69, 9.17) is 4.74 Å². The fourth-order valence-electron chi connectivity index (χ4n) is 2.88. The molecule has 8 nitrogen and oxygen atoms in total. The molecule has 1 saturated heterocycles. The number of Topliss-reactive ketones (excluding diaryl/α,β-unsaturated/α-hetero) is 1. The van der Waals surface area contributed by atoms with Gasteiger partial charge >= 0.3 is 5.69 Å². The normalized spacial score (nSPS) is 26.2. The molecule has 0 aromatic carbocycles. The van der Waals surface area contributed by atoms with Gasteiger partial charge in [0.05, 0.1) is 6.10 Å². The molecule has 2 heterocycles. The molecule has 0 bridgehead atoms. The van der Waals surface area contributed by atoms with Crippen molar-refractivity contribution in [1.82, 2.24) is 9.55 Å². The molecule has 0 radical (unpaired) electrons. The number of carbonyl (C=O) groups is 1. The topological polar surface area (TPSA) is 122 Å². The summed E-state index contributed by atoms with van der Waals surface area (Å²) in [6.45, 7) is 4.23. The van der Waals surface area contributed by atoms with E-state index in [1.54, 1.807) is 0 Å². The summed E-state index contributed by atoms with van der Waals surface area (Å²) in [5.41, 5.74) is -1.05. The van der Waals surface area contributed by atoms with Crippen molar-refractivity contribution in [2.45, 2.75) is 50.7 Å². The van der Waals surface area contributed by atoms with Crippen LogP contribution in [0.2, 0.25) is 0 Å². The lowest BCUT2D eigenvalue weighted by atomic mass is 10.1. The molecule has 0 amide bonds. The molecular weight excluding hydrogens is 359 g/mol. The summed E-state index contributed by atoms with van der Waals surface area (Å²) in [6.07, 6.45) is 2.92. The van der Waals surface area contributed by atoms with Crippen molar-refractivity contribution in [2.75, 3.05) is 19.5 Å². The van der Waals surface area contributed by atoms with Gasteiger partial charge in [-0.25, -0.2) is 4.79 Å². The second-order valence-electron chi connectivity index (χ2n) is 7.52. The Hall–Kier alpha value is -1.47. The third-order valence-corrected chi connectivity index (χ3v) is 5.89. The zero-order valence-electron chi connectivity index (χ0n) is 15.3. The van der Waals surface area contributed by atoms with Crippen LogP contribution in [0.3, 0.4) is 0 Å². The average Bonchev–Trinajstić information content (AvgIpc) is 2.79. The summed E-state index contributed by atoms with van der Waals surface area (Å²) < 4.78 is 6.81. The Kier molecular flexibility index (Phi) is 6.45. The number of rotatable bonds is 7. The van der Waals surface area contributed by atoms with E-state index >= 15 is 0 Å². The maximum atomic E-state index is 12.2. The number of aliphatic hydroxyl groups excluding tert-OH is 2. The molecule has 26 heavy (non-hydrogen) atoms. The fourth-order valence-corrected chi connectivity index (χ4v) is 3.83. The Morgan fingerprint density at radius 3 is 2.58 bits per heavy atom. The number of ether oxygens (including phenoxy) is 1. The summed E-state index contributed by atoms with van der Waals surface area (Å²) in [7, 11) is 0. The van der Waals surface area contributed by atoms with Crippen LogP contribution in [0.15, 0.2) is 15.8 Å². The Bertz CT molecular complexity index is 823. The van der Waals surface area contributed by atoms with Gasteiger partial charge in [0.15, 0.2) is 6.23 Å². The molecule has 146 valence electrons. The lowest BCUT2D eigenvalue weighted by Gasteiger charge is -2.19. The monoisotopic (exact) mass is 386 g/mol. The van der Waals surface area contributed by atoms with Crippen molar-refractivity contribution in [3.63, 3.8) is 0 Å². The first-order valence-electron chi connectivity index (χ1n) is 8.52. The molecule has 1 aliphatic heterocycles. The molecule has 1 fully saturated rings. The fraction of sp³-hybridized carbons (Fsp3) is 0.647. The van der Waals surface area contributed by atoms with Crippen LogP contribution in [0.4, 0.5) is 0 Å². The molecule has 0 unspecified atom stereocenters. The summed E-state index contributed by atoms with van der Waals surface area (Å²) in [5, 5.41) is 20.6. The molecular formula is C17H27N2O6P. The smallest absolute Gasteiger partial charge is 0.330 e. The van der Waals surface area contributed by atoms with Crippen molar-refractivity contribution >= 4 is 19.0 Å². The highest BCUT2D eigenvalue weighted by atomic mass is 31.2. The SMILES string of the molecule is C=P(C)(C)CC[C@H]1O[C@@H](n2cc(CCC(C)=O)c(=O)[nH]c2=O)[C@H](O)[C@@H]1O. The van der Waals surface area contributed by atoms with Crippen molar-refractivity contribution in [3.05, 3.63) is 32.6 Å². The van der Waals surface area contributed by atoms with Crippen molar-refractivity contribution < 1.29 is 19.7 Å². The van der Waals surface area contributed by atoms with Gasteiger partial charge in [0.2, 0.25) is 0 Å². The third kappa shape index (κ3) is 5.04. The van der Waals surface area contributed by atoms with Gasteiger partial charge in [-0.15, -0.1) is 13.2 Å². The minimum Gasteiger partial charge on any atom is -0.388 e. The van der Waals surface area contributed by atoms with E-state index in [0.29, 0.717) is 6.42 Å². The van der Waals surface area contributed by atoms with Crippen LogP contribution in [-0.2, 0) is 16.0 Å².